The molecular formula is C39H53NO9. The highest BCUT2D eigenvalue weighted by Gasteiger charge is 2.74. The van der Waals surface area contributed by atoms with Crippen molar-refractivity contribution in [3.8, 4) is 0 Å². The van der Waals surface area contributed by atoms with Crippen molar-refractivity contribution in [2.24, 2.45) is 34.5 Å². The van der Waals surface area contributed by atoms with Gasteiger partial charge in [-0.3, -0.25) is 14.4 Å². The van der Waals surface area contributed by atoms with Gasteiger partial charge in [0.25, 0.3) is 0 Å². The van der Waals surface area contributed by atoms with Crippen LogP contribution in [-0.4, -0.2) is 68.5 Å². The highest BCUT2D eigenvalue weighted by Crippen LogP contribution is 2.68. The molecule has 3 saturated carbocycles. The number of amides is 1. The Morgan fingerprint density at radius 2 is 1.71 bits per heavy atom. The van der Waals surface area contributed by atoms with Gasteiger partial charge < -0.3 is 30.1 Å². The van der Waals surface area contributed by atoms with Gasteiger partial charge in [-0.05, 0) is 69.6 Å². The summed E-state index contributed by atoms with van der Waals surface area (Å²) in [6.07, 6.45) is -0.686. The molecule has 1 aromatic rings. The highest BCUT2D eigenvalue weighted by molar-refractivity contribution is 5.93. The molecule has 10 heteroatoms. The first kappa shape index (κ1) is 36.9. The average Bonchev–Trinajstić information content (AvgIpc) is 3.05. The summed E-state index contributed by atoms with van der Waals surface area (Å²) in [6, 6.07) is 7.52. The smallest absolute Gasteiger partial charge is 0.338 e. The third-order valence-corrected chi connectivity index (χ3v) is 13.1. The maximum atomic E-state index is 14.8. The lowest BCUT2D eigenvalue weighted by Crippen LogP contribution is -2.75. The van der Waals surface area contributed by atoms with Crippen molar-refractivity contribution in [1.29, 1.82) is 0 Å². The topological polar surface area (TPSA) is 159 Å². The first-order chi connectivity index (χ1) is 22.8. The maximum absolute atomic E-state index is 14.8. The molecule has 1 aromatic carbocycles. The second kappa shape index (κ2) is 12.8. The largest absolute Gasteiger partial charge is 0.459 e. The van der Waals surface area contributed by atoms with E-state index in [9.17, 15) is 34.5 Å². The van der Waals surface area contributed by atoms with Crippen LogP contribution in [0, 0.1) is 34.5 Å². The predicted molar refractivity (Wildman–Crippen MR) is 181 cm³/mol. The standard InChI is InChI=1S/C39H53NO9/c1-10-20(2)34(45)40-30(25-14-12-11-13-15-25)31(43)35(46)48-27-19-39(47)23(5)32-37(9,33(44)22(4)29(21(27)3)36(39,7)8)28(42)18-26-16-17-38(26,32)49-24(6)41/h10-15,22-23,26-28,30-32,42-43,47H,16-19H2,1-9H3,(H,40,45)/b20-10+/t22-,23+,26-,27+,28+,30+,31-,32+,37-,38+,39-/m1/s1. The van der Waals surface area contributed by atoms with Gasteiger partial charge in [0.15, 0.2) is 6.10 Å². The number of ether oxygens (including phenoxy) is 2. The number of aliphatic hydroxyl groups excluding tert-OH is 2. The summed E-state index contributed by atoms with van der Waals surface area (Å²) in [5.74, 6) is -4.50. The van der Waals surface area contributed by atoms with Crippen LogP contribution in [0.3, 0.4) is 0 Å². The van der Waals surface area contributed by atoms with Gasteiger partial charge in [0.2, 0.25) is 5.91 Å². The van der Waals surface area contributed by atoms with Gasteiger partial charge in [-0.1, -0.05) is 64.1 Å². The molecule has 10 nitrogen and oxygen atoms in total. The van der Waals surface area contributed by atoms with Crippen molar-refractivity contribution in [2.75, 3.05) is 0 Å². The normalized spacial score (nSPS) is 38.0. The van der Waals surface area contributed by atoms with Gasteiger partial charge in [-0.2, -0.15) is 0 Å². The number of carbonyl (C=O) groups excluding carboxylic acids is 4. The molecule has 0 radical (unpaired) electrons. The summed E-state index contributed by atoms with van der Waals surface area (Å²) in [4.78, 5) is 54.2. The fraction of sp³-hybridized carbons (Fsp3) is 0.641. The Bertz CT molecular complexity index is 1580. The van der Waals surface area contributed by atoms with Crippen LogP contribution in [0.5, 0.6) is 0 Å². The monoisotopic (exact) mass is 679 g/mol. The Morgan fingerprint density at radius 1 is 1.08 bits per heavy atom. The number of esters is 2. The van der Waals surface area contributed by atoms with E-state index < -0.39 is 82.0 Å². The van der Waals surface area contributed by atoms with Crippen molar-refractivity contribution >= 4 is 23.6 Å². The lowest BCUT2D eigenvalue weighted by Gasteiger charge is -2.69. The molecule has 0 unspecified atom stereocenters. The van der Waals surface area contributed by atoms with Crippen LogP contribution in [0.4, 0.5) is 0 Å². The van der Waals surface area contributed by atoms with Gasteiger partial charge in [0.05, 0.1) is 23.2 Å². The first-order valence-corrected chi connectivity index (χ1v) is 17.5. The summed E-state index contributed by atoms with van der Waals surface area (Å²) < 4.78 is 12.2. The summed E-state index contributed by atoms with van der Waals surface area (Å²) in [5.41, 5.74) is -2.83. The lowest BCUT2D eigenvalue weighted by molar-refractivity contribution is -0.281. The van der Waals surface area contributed by atoms with E-state index in [-0.39, 0.29) is 18.1 Å². The van der Waals surface area contributed by atoms with Crippen molar-refractivity contribution in [3.63, 3.8) is 0 Å². The van der Waals surface area contributed by atoms with Gasteiger partial charge >= 0.3 is 11.9 Å². The second-order valence-electron chi connectivity index (χ2n) is 15.7. The van der Waals surface area contributed by atoms with Gasteiger partial charge in [0.1, 0.15) is 17.5 Å². The molecule has 4 N–H and O–H groups in total. The van der Waals surface area contributed by atoms with Gasteiger partial charge in [-0.25, -0.2) is 4.79 Å². The van der Waals surface area contributed by atoms with Crippen LogP contribution in [0.15, 0.2) is 53.1 Å². The van der Waals surface area contributed by atoms with E-state index in [2.05, 4.69) is 5.32 Å². The summed E-state index contributed by atoms with van der Waals surface area (Å²) >= 11 is 0. The molecule has 4 aliphatic rings. The zero-order valence-corrected chi connectivity index (χ0v) is 30.2. The van der Waals surface area contributed by atoms with Crippen molar-refractivity contribution in [1.82, 2.24) is 5.32 Å². The Kier molecular flexibility index (Phi) is 9.62. The minimum Gasteiger partial charge on any atom is -0.459 e. The zero-order chi connectivity index (χ0) is 36.4. The third kappa shape index (κ3) is 5.49. The molecule has 0 heterocycles. The minimum atomic E-state index is -1.79. The average molecular weight is 680 g/mol. The molecular weight excluding hydrogens is 626 g/mol. The second-order valence-corrected chi connectivity index (χ2v) is 15.7. The van der Waals surface area contributed by atoms with Crippen molar-refractivity contribution in [2.45, 2.75) is 124 Å². The van der Waals surface area contributed by atoms with Crippen LogP contribution in [-0.2, 0) is 28.7 Å². The molecule has 4 aliphatic carbocycles. The van der Waals surface area contributed by atoms with Crippen LogP contribution < -0.4 is 5.32 Å². The number of aliphatic hydroxyl groups is 3. The first-order valence-electron chi connectivity index (χ1n) is 17.5. The minimum absolute atomic E-state index is 0.0561. The summed E-state index contributed by atoms with van der Waals surface area (Å²) in [6.45, 7) is 15.6. The maximum Gasteiger partial charge on any atom is 0.338 e. The SMILES string of the molecule is C/C=C(\C)C(=O)N[C@@H](c1ccccc1)[C@@H](O)C(=O)O[C@H]1C[C@@]2(O)[C@@H](C)[C@@H]3[C@]4(OC(C)=O)CC[C@@H]4C[C@H](O)[C@@]3(C)C(=O)[C@H](C)C(=C1C)C2(C)C. The molecule has 0 aromatic heterocycles. The number of allylic oxidation sites excluding steroid dienone is 1. The van der Waals surface area contributed by atoms with Crippen LogP contribution in [0.25, 0.3) is 0 Å². The van der Waals surface area contributed by atoms with Crippen LogP contribution >= 0.6 is 0 Å². The molecule has 0 saturated heterocycles. The number of nitrogens with one attached hydrogen (secondary N) is 1. The van der Waals surface area contributed by atoms with E-state index in [1.54, 1.807) is 71.0 Å². The quantitative estimate of drug-likeness (QED) is 0.185. The number of ketones is 1. The van der Waals surface area contributed by atoms with E-state index in [1.807, 2.05) is 20.8 Å². The van der Waals surface area contributed by atoms with E-state index in [4.69, 9.17) is 9.47 Å². The van der Waals surface area contributed by atoms with Crippen LogP contribution in [0.2, 0.25) is 0 Å². The molecule has 2 bridgehead atoms. The van der Waals surface area contributed by atoms with E-state index >= 15 is 0 Å². The number of carbonyl (C=O) groups is 4. The number of fused-ring (bicyclic) bond motifs is 5. The molecule has 0 spiro atoms. The molecule has 268 valence electrons. The van der Waals surface area contributed by atoms with Gasteiger partial charge in [-0.15, -0.1) is 0 Å². The third-order valence-electron chi connectivity index (χ3n) is 13.1. The number of Topliss-reactive ketones (excluding diaryl/α,β-unsaturated/α-hetero) is 1. The van der Waals surface area contributed by atoms with E-state index in [0.29, 0.717) is 35.1 Å². The van der Waals surface area contributed by atoms with E-state index in [0.717, 1.165) is 6.42 Å². The molecule has 0 aliphatic heterocycles. The number of hydrogen-bond donors (Lipinski definition) is 4. The Balaban J connectivity index is 1.58. The molecule has 3 fully saturated rings. The van der Waals surface area contributed by atoms with Crippen molar-refractivity contribution < 1.29 is 44.0 Å². The van der Waals surface area contributed by atoms with Gasteiger partial charge in [0, 0.05) is 42.1 Å². The Morgan fingerprint density at radius 3 is 2.27 bits per heavy atom. The summed E-state index contributed by atoms with van der Waals surface area (Å²) in [7, 11) is 0. The number of benzene rings is 1. The summed E-state index contributed by atoms with van der Waals surface area (Å²) in [5, 5.41) is 39.0. The van der Waals surface area contributed by atoms with Crippen molar-refractivity contribution in [3.05, 3.63) is 58.7 Å². The molecule has 11 atom stereocenters. The predicted octanol–water partition coefficient (Wildman–Crippen LogP) is 4.51. The fourth-order valence-corrected chi connectivity index (χ4v) is 10.3. The van der Waals surface area contributed by atoms with Crippen LogP contribution in [0.1, 0.15) is 99.6 Å². The number of hydrogen-bond acceptors (Lipinski definition) is 9. The fourth-order valence-electron chi connectivity index (χ4n) is 10.3. The lowest BCUT2D eigenvalue weighted by atomic mass is 9.38. The highest BCUT2D eigenvalue weighted by atomic mass is 16.6. The molecule has 5 rings (SSSR count). The molecule has 1 amide bonds. The van der Waals surface area contributed by atoms with E-state index in [1.165, 1.54) is 6.92 Å². The molecule has 49 heavy (non-hydrogen) atoms. The zero-order valence-electron chi connectivity index (χ0n) is 30.2. The Hall–Kier alpha value is -3.34. The Labute approximate surface area is 289 Å². The number of rotatable bonds is 7.